The Kier molecular flexibility index (Phi) is 5.15. The highest BCUT2D eigenvalue weighted by molar-refractivity contribution is 5.67. The smallest absolute Gasteiger partial charge is 0.407 e. The number of halogens is 1. The number of amides is 1. The molecule has 1 aromatic heterocycles. The fraction of sp³-hybridized carbons (Fsp3) is 0.667. The molecule has 122 valence electrons. The van der Waals surface area contributed by atoms with E-state index in [1.807, 2.05) is 25.7 Å². The van der Waals surface area contributed by atoms with Gasteiger partial charge in [-0.3, -0.25) is 0 Å². The Morgan fingerprint density at radius 3 is 2.77 bits per heavy atom. The van der Waals surface area contributed by atoms with Crippen LogP contribution < -0.4 is 10.2 Å². The molecule has 1 fully saturated rings. The molecule has 0 aliphatic carbocycles. The zero-order chi connectivity index (χ0) is 16.2. The maximum Gasteiger partial charge on any atom is 0.407 e. The van der Waals surface area contributed by atoms with Crippen molar-refractivity contribution in [2.75, 3.05) is 24.5 Å². The predicted octanol–water partition coefficient (Wildman–Crippen LogP) is 2.36. The van der Waals surface area contributed by atoms with Crippen LogP contribution in [0, 0.1) is 11.7 Å². The number of rotatable bonds is 3. The van der Waals surface area contributed by atoms with Crippen molar-refractivity contribution < 1.29 is 13.9 Å². The molecule has 0 saturated carbocycles. The van der Waals surface area contributed by atoms with E-state index in [9.17, 15) is 9.18 Å². The van der Waals surface area contributed by atoms with Crippen molar-refractivity contribution in [2.45, 2.75) is 39.2 Å². The number of ether oxygens (including phenoxy) is 1. The summed E-state index contributed by atoms with van der Waals surface area (Å²) in [6.07, 6.45) is 3.95. The molecular formula is C15H23FN4O2. The first-order valence-corrected chi connectivity index (χ1v) is 7.53. The Balaban J connectivity index is 1.83. The molecule has 1 amide bonds. The second-order valence-electron chi connectivity index (χ2n) is 6.54. The second kappa shape index (κ2) is 6.89. The van der Waals surface area contributed by atoms with E-state index >= 15 is 0 Å². The van der Waals surface area contributed by atoms with Gasteiger partial charge < -0.3 is 15.0 Å². The minimum atomic E-state index is -0.495. The standard InChI is InChI=1S/C15H23FN4O2/c1-15(2,3)22-14(21)19-7-11-5-4-6-20(10-11)13-17-8-12(16)9-18-13/h8-9,11H,4-7,10H2,1-3H3,(H,19,21). The number of anilines is 1. The molecule has 7 heteroatoms. The van der Waals surface area contributed by atoms with Gasteiger partial charge in [-0.2, -0.15) is 0 Å². The van der Waals surface area contributed by atoms with Crippen LogP contribution in [-0.2, 0) is 4.74 Å². The van der Waals surface area contributed by atoms with Crippen LogP contribution in [0.5, 0.6) is 0 Å². The number of hydrogen-bond donors (Lipinski definition) is 1. The van der Waals surface area contributed by atoms with Gasteiger partial charge >= 0.3 is 6.09 Å². The Morgan fingerprint density at radius 2 is 2.14 bits per heavy atom. The molecule has 1 aliphatic heterocycles. The van der Waals surface area contributed by atoms with Crippen LogP contribution in [0.1, 0.15) is 33.6 Å². The molecule has 6 nitrogen and oxygen atoms in total. The highest BCUT2D eigenvalue weighted by Gasteiger charge is 2.23. The highest BCUT2D eigenvalue weighted by Crippen LogP contribution is 2.19. The lowest BCUT2D eigenvalue weighted by Gasteiger charge is -2.32. The Bertz CT molecular complexity index is 501. The Hall–Kier alpha value is -1.92. The van der Waals surface area contributed by atoms with E-state index in [0.717, 1.165) is 25.9 Å². The Labute approximate surface area is 130 Å². The number of alkyl carbamates (subject to hydrolysis) is 1. The van der Waals surface area contributed by atoms with Crippen LogP contribution in [0.4, 0.5) is 15.1 Å². The lowest BCUT2D eigenvalue weighted by molar-refractivity contribution is 0.0517. The van der Waals surface area contributed by atoms with Crippen molar-refractivity contribution in [1.82, 2.24) is 15.3 Å². The molecule has 0 radical (unpaired) electrons. The molecule has 2 heterocycles. The average Bonchev–Trinajstić information content (AvgIpc) is 2.44. The van der Waals surface area contributed by atoms with E-state index in [1.54, 1.807) is 0 Å². The van der Waals surface area contributed by atoms with Gasteiger partial charge in [-0.25, -0.2) is 19.2 Å². The number of carbonyl (C=O) groups is 1. The minimum absolute atomic E-state index is 0.301. The molecule has 1 unspecified atom stereocenters. The van der Waals surface area contributed by atoms with Gasteiger partial charge in [0.1, 0.15) is 5.60 Å². The number of nitrogens with zero attached hydrogens (tertiary/aromatic N) is 3. The molecule has 0 spiro atoms. The fourth-order valence-electron chi connectivity index (χ4n) is 2.42. The van der Waals surface area contributed by atoms with E-state index in [0.29, 0.717) is 18.4 Å². The SMILES string of the molecule is CC(C)(C)OC(=O)NCC1CCCN(c2ncc(F)cn2)C1. The summed E-state index contributed by atoms with van der Waals surface area (Å²) in [4.78, 5) is 21.7. The van der Waals surface area contributed by atoms with Gasteiger partial charge in [-0.1, -0.05) is 0 Å². The molecule has 0 bridgehead atoms. The van der Waals surface area contributed by atoms with Gasteiger partial charge in [0, 0.05) is 19.6 Å². The van der Waals surface area contributed by atoms with Crippen molar-refractivity contribution in [3.63, 3.8) is 0 Å². The van der Waals surface area contributed by atoms with E-state index in [2.05, 4.69) is 15.3 Å². The molecule has 1 atom stereocenters. The molecule has 1 N–H and O–H groups in total. The number of nitrogens with one attached hydrogen (secondary N) is 1. The quantitative estimate of drug-likeness (QED) is 0.928. The molecule has 22 heavy (non-hydrogen) atoms. The maximum atomic E-state index is 12.9. The first-order valence-electron chi connectivity index (χ1n) is 7.53. The van der Waals surface area contributed by atoms with E-state index in [1.165, 1.54) is 12.4 Å². The van der Waals surface area contributed by atoms with Gasteiger partial charge in [-0.05, 0) is 39.5 Å². The zero-order valence-corrected chi connectivity index (χ0v) is 13.3. The average molecular weight is 310 g/mol. The number of hydrogen-bond acceptors (Lipinski definition) is 5. The molecular weight excluding hydrogens is 287 g/mol. The van der Waals surface area contributed by atoms with Gasteiger partial charge in [0.05, 0.1) is 12.4 Å². The van der Waals surface area contributed by atoms with Crippen LogP contribution in [0.25, 0.3) is 0 Å². The summed E-state index contributed by atoms with van der Waals surface area (Å²) in [5.41, 5.74) is -0.495. The largest absolute Gasteiger partial charge is 0.444 e. The summed E-state index contributed by atoms with van der Waals surface area (Å²) in [7, 11) is 0. The summed E-state index contributed by atoms with van der Waals surface area (Å²) in [5.74, 6) is 0.391. The van der Waals surface area contributed by atoms with E-state index in [4.69, 9.17) is 4.74 Å². The highest BCUT2D eigenvalue weighted by atomic mass is 19.1. The molecule has 2 rings (SSSR count). The van der Waals surface area contributed by atoms with Gasteiger partial charge in [-0.15, -0.1) is 0 Å². The molecule has 1 aliphatic rings. The summed E-state index contributed by atoms with van der Waals surface area (Å²) < 4.78 is 18.1. The maximum absolute atomic E-state index is 12.9. The second-order valence-corrected chi connectivity index (χ2v) is 6.54. The van der Waals surface area contributed by atoms with Crippen LogP contribution in [-0.4, -0.2) is 41.3 Å². The summed E-state index contributed by atoms with van der Waals surface area (Å²) in [5, 5.41) is 2.80. The first kappa shape index (κ1) is 16.5. The van der Waals surface area contributed by atoms with Crippen molar-refractivity contribution in [3.05, 3.63) is 18.2 Å². The van der Waals surface area contributed by atoms with Crippen molar-refractivity contribution in [2.24, 2.45) is 5.92 Å². The van der Waals surface area contributed by atoms with Crippen LogP contribution in [0.15, 0.2) is 12.4 Å². The topological polar surface area (TPSA) is 67.3 Å². The summed E-state index contributed by atoms with van der Waals surface area (Å²) >= 11 is 0. The van der Waals surface area contributed by atoms with Crippen molar-refractivity contribution >= 4 is 12.0 Å². The number of carbonyl (C=O) groups excluding carboxylic acids is 1. The summed E-state index contributed by atoms with van der Waals surface area (Å²) in [6.45, 7) is 7.63. The lowest BCUT2D eigenvalue weighted by atomic mass is 9.98. The van der Waals surface area contributed by atoms with Crippen LogP contribution >= 0.6 is 0 Å². The Morgan fingerprint density at radius 1 is 1.45 bits per heavy atom. The third-order valence-corrected chi connectivity index (χ3v) is 3.34. The molecule has 1 aromatic rings. The fourth-order valence-corrected chi connectivity index (χ4v) is 2.42. The van der Waals surface area contributed by atoms with E-state index in [-0.39, 0.29) is 0 Å². The third-order valence-electron chi connectivity index (χ3n) is 3.34. The summed E-state index contributed by atoms with van der Waals surface area (Å²) in [6, 6.07) is 0. The van der Waals surface area contributed by atoms with Gasteiger partial charge in [0.2, 0.25) is 5.95 Å². The van der Waals surface area contributed by atoms with Crippen molar-refractivity contribution in [3.8, 4) is 0 Å². The lowest BCUT2D eigenvalue weighted by Crippen LogP contribution is -2.42. The monoisotopic (exact) mass is 310 g/mol. The minimum Gasteiger partial charge on any atom is -0.444 e. The van der Waals surface area contributed by atoms with Crippen LogP contribution in [0.3, 0.4) is 0 Å². The number of piperidine rings is 1. The van der Waals surface area contributed by atoms with Crippen molar-refractivity contribution in [1.29, 1.82) is 0 Å². The predicted molar refractivity (Wildman–Crippen MR) is 81.2 cm³/mol. The number of aromatic nitrogens is 2. The third kappa shape index (κ3) is 5.13. The van der Waals surface area contributed by atoms with Gasteiger partial charge in [0.15, 0.2) is 5.82 Å². The molecule has 0 aromatic carbocycles. The zero-order valence-electron chi connectivity index (χ0n) is 13.3. The van der Waals surface area contributed by atoms with E-state index < -0.39 is 17.5 Å². The first-order chi connectivity index (χ1) is 10.3. The normalized spacial score (nSPS) is 18.9. The van der Waals surface area contributed by atoms with Gasteiger partial charge in [0.25, 0.3) is 0 Å². The molecule has 1 saturated heterocycles. The van der Waals surface area contributed by atoms with Crippen LogP contribution in [0.2, 0.25) is 0 Å².